The molecule has 0 spiro atoms. The van der Waals surface area contributed by atoms with E-state index in [4.69, 9.17) is 5.10 Å². The molecule has 3 nitrogen and oxygen atoms in total. The zero-order valence-electron chi connectivity index (χ0n) is 15.5. The van der Waals surface area contributed by atoms with Crippen LogP contribution in [0.2, 0.25) is 0 Å². The van der Waals surface area contributed by atoms with Gasteiger partial charge in [-0.15, -0.1) is 0 Å². The summed E-state index contributed by atoms with van der Waals surface area (Å²) in [4.78, 5) is 4.62. The molecule has 2 aromatic heterocycles. The number of nitrogens with zero attached hydrogens (tertiary/aromatic N) is 3. The molecule has 2 heterocycles. The van der Waals surface area contributed by atoms with Crippen molar-refractivity contribution >= 4 is 28.1 Å². The van der Waals surface area contributed by atoms with Gasteiger partial charge in [-0.05, 0) is 29.3 Å². The van der Waals surface area contributed by atoms with E-state index in [9.17, 15) is 0 Å². The molecule has 4 heteroatoms. The molecule has 0 saturated heterocycles. The Kier molecular flexibility index (Phi) is 4.34. The third kappa shape index (κ3) is 3.16. The van der Waals surface area contributed by atoms with Gasteiger partial charge in [-0.3, -0.25) is 0 Å². The van der Waals surface area contributed by atoms with E-state index < -0.39 is 0 Å². The summed E-state index contributed by atoms with van der Waals surface area (Å²) in [6.07, 6.45) is 3.74. The third-order valence-corrected chi connectivity index (χ3v) is 5.94. The van der Waals surface area contributed by atoms with Crippen LogP contribution in [0.25, 0.3) is 27.5 Å². The first-order valence-electron chi connectivity index (χ1n) is 9.29. The number of rotatable bonds is 4. The minimum atomic E-state index is 0.892. The van der Waals surface area contributed by atoms with E-state index in [1.165, 1.54) is 21.9 Å². The Morgan fingerprint density at radius 2 is 1.79 bits per heavy atom. The fraction of sp³-hybridized carbons (Fsp3) is 0.0833. The summed E-state index contributed by atoms with van der Waals surface area (Å²) in [5.41, 5.74) is 5.76. The van der Waals surface area contributed by atoms with E-state index in [0.29, 0.717) is 0 Å². The summed E-state index contributed by atoms with van der Waals surface area (Å²) in [5, 5.41) is 8.27. The summed E-state index contributed by atoms with van der Waals surface area (Å²) in [7, 11) is 0. The molecule has 5 rings (SSSR count). The molecule has 0 bridgehead atoms. The second kappa shape index (κ2) is 7.13. The fourth-order valence-corrected chi connectivity index (χ4v) is 4.46. The van der Waals surface area contributed by atoms with E-state index in [1.54, 1.807) is 11.8 Å². The maximum absolute atomic E-state index is 4.83. The van der Waals surface area contributed by atoms with E-state index in [-0.39, 0.29) is 0 Å². The molecule has 28 heavy (non-hydrogen) atoms. The Balaban J connectivity index is 1.54. The summed E-state index contributed by atoms with van der Waals surface area (Å²) in [6, 6.07) is 25.6. The molecular weight excluding hydrogens is 362 g/mol. The lowest BCUT2D eigenvalue weighted by Crippen LogP contribution is -1.91. The second-order valence-electron chi connectivity index (χ2n) is 6.90. The first-order chi connectivity index (χ1) is 13.8. The van der Waals surface area contributed by atoms with Gasteiger partial charge in [-0.2, -0.15) is 5.10 Å². The summed E-state index contributed by atoms with van der Waals surface area (Å²) in [5.74, 6) is 0.892. The van der Waals surface area contributed by atoms with E-state index in [0.717, 1.165) is 27.6 Å². The predicted octanol–water partition coefficient (Wildman–Crippen LogP) is 6.15. The van der Waals surface area contributed by atoms with E-state index >= 15 is 0 Å². The highest BCUT2D eigenvalue weighted by Gasteiger charge is 2.12. The van der Waals surface area contributed by atoms with Gasteiger partial charge in [-0.25, -0.2) is 9.50 Å². The van der Waals surface area contributed by atoms with Crippen molar-refractivity contribution in [3.8, 4) is 11.3 Å². The van der Waals surface area contributed by atoms with Gasteiger partial charge in [-0.1, -0.05) is 84.1 Å². The molecule has 0 N–H and O–H groups in total. The van der Waals surface area contributed by atoms with E-state index in [1.807, 2.05) is 16.9 Å². The zero-order valence-corrected chi connectivity index (χ0v) is 16.4. The highest BCUT2D eigenvalue weighted by molar-refractivity contribution is 7.98. The highest BCUT2D eigenvalue weighted by atomic mass is 32.2. The van der Waals surface area contributed by atoms with Crippen LogP contribution in [0.5, 0.6) is 0 Å². The predicted molar refractivity (Wildman–Crippen MR) is 117 cm³/mol. The van der Waals surface area contributed by atoms with Crippen molar-refractivity contribution < 1.29 is 0 Å². The van der Waals surface area contributed by atoms with Crippen molar-refractivity contribution in [3.05, 3.63) is 96.3 Å². The first-order valence-corrected chi connectivity index (χ1v) is 10.3. The largest absolute Gasteiger partial charge is 0.246 e. The molecule has 0 aliphatic heterocycles. The number of aromatic nitrogens is 3. The Bertz CT molecular complexity index is 1280. The van der Waals surface area contributed by atoms with Gasteiger partial charge in [0.25, 0.3) is 0 Å². The molecule has 0 unspecified atom stereocenters. The number of thioether (sulfide) groups is 1. The Morgan fingerprint density at radius 3 is 2.71 bits per heavy atom. The smallest absolute Gasteiger partial charge is 0.122 e. The average molecular weight is 382 g/mol. The zero-order chi connectivity index (χ0) is 18.9. The van der Waals surface area contributed by atoms with Crippen LogP contribution in [0.4, 0.5) is 0 Å². The van der Waals surface area contributed by atoms with Crippen molar-refractivity contribution in [1.82, 2.24) is 14.6 Å². The van der Waals surface area contributed by atoms with Crippen LogP contribution in [-0.4, -0.2) is 14.6 Å². The maximum atomic E-state index is 4.83. The molecule has 3 aromatic carbocycles. The molecule has 0 amide bonds. The van der Waals surface area contributed by atoms with Crippen LogP contribution in [0, 0.1) is 6.92 Å². The van der Waals surface area contributed by atoms with Crippen LogP contribution in [0.3, 0.4) is 0 Å². The number of hydrogen-bond acceptors (Lipinski definition) is 3. The summed E-state index contributed by atoms with van der Waals surface area (Å²) < 4.78 is 1.93. The highest BCUT2D eigenvalue weighted by Crippen LogP contribution is 2.31. The minimum absolute atomic E-state index is 0.892. The van der Waals surface area contributed by atoms with Crippen molar-refractivity contribution in [2.75, 3.05) is 0 Å². The average Bonchev–Trinajstić information content (AvgIpc) is 3.16. The van der Waals surface area contributed by atoms with Crippen LogP contribution in [-0.2, 0) is 5.75 Å². The quantitative estimate of drug-likeness (QED) is 0.350. The molecule has 0 fully saturated rings. The lowest BCUT2D eigenvalue weighted by atomic mass is 10.0. The maximum Gasteiger partial charge on any atom is 0.122 e. The van der Waals surface area contributed by atoms with Crippen molar-refractivity contribution in [3.63, 3.8) is 0 Å². The summed E-state index contributed by atoms with van der Waals surface area (Å²) >= 11 is 1.75. The molecule has 0 atom stereocenters. The SMILES string of the molecule is Cc1cccc(CSc2nccn3nc(-c4cccc5ccccc45)cc23)c1. The molecule has 0 saturated carbocycles. The molecule has 0 aliphatic carbocycles. The van der Waals surface area contributed by atoms with Gasteiger partial charge in [0, 0.05) is 23.7 Å². The standard InChI is InChI=1S/C24H19N3S/c1-17-6-4-7-18(14-17)16-28-24-23-15-22(26-27(23)13-12-25-24)21-11-5-9-19-8-2-3-10-20(19)21/h2-15H,16H2,1H3. The molecular formula is C24H19N3S. The lowest BCUT2D eigenvalue weighted by molar-refractivity contribution is 0.921. The van der Waals surface area contributed by atoms with Gasteiger partial charge in [0.15, 0.2) is 0 Å². The van der Waals surface area contributed by atoms with Gasteiger partial charge >= 0.3 is 0 Å². The van der Waals surface area contributed by atoms with Gasteiger partial charge < -0.3 is 0 Å². The van der Waals surface area contributed by atoms with Gasteiger partial charge in [0.05, 0.1) is 11.2 Å². The van der Waals surface area contributed by atoms with Crippen LogP contribution < -0.4 is 0 Å². The Hall–Kier alpha value is -3.11. The third-order valence-electron chi connectivity index (χ3n) is 4.88. The minimum Gasteiger partial charge on any atom is -0.246 e. The van der Waals surface area contributed by atoms with Crippen molar-refractivity contribution in [1.29, 1.82) is 0 Å². The second-order valence-corrected chi connectivity index (χ2v) is 7.86. The lowest BCUT2D eigenvalue weighted by Gasteiger charge is -2.04. The topological polar surface area (TPSA) is 30.2 Å². The molecule has 5 aromatic rings. The summed E-state index contributed by atoms with van der Waals surface area (Å²) in [6.45, 7) is 2.13. The Labute approximate surface area is 168 Å². The normalized spacial score (nSPS) is 11.3. The van der Waals surface area contributed by atoms with Gasteiger partial charge in [0.2, 0.25) is 0 Å². The van der Waals surface area contributed by atoms with Crippen LogP contribution in [0.1, 0.15) is 11.1 Å². The number of aryl methyl sites for hydroxylation is 1. The van der Waals surface area contributed by atoms with Crippen molar-refractivity contribution in [2.45, 2.75) is 17.7 Å². The molecule has 0 aliphatic rings. The van der Waals surface area contributed by atoms with Crippen LogP contribution in [0.15, 0.2) is 90.2 Å². The molecule has 136 valence electrons. The van der Waals surface area contributed by atoms with Gasteiger partial charge in [0.1, 0.15) is 5.03 Å². The van der Waals surface area contributed by atoms with E-state index in [2.05, 4.69) is 84.7 Å². The van der Waals surface area contributed by atoms with Crippen molar-refractivity contribution in [2.24, 2.45) is 0 Å². The monoisotopic (exact) mass is 381 g/mol. The van der Waals surface area contributed by atoms with Crippen LogP contribution >= 0.6 is 11.8 Å². The first kappa shape index (κ1) is 17.0. The molecule has 0 radical (unpaired) electrons. The Morgan fingerprint density at radius 1 is 0.929 bits per heavy atom. The fourth-order valence-electron chi connectivity index (χ4n) is 3.54. The number of benzene rings is 3. The number of hydrogen-bond donors (Lipinski definition) is 0. The number of fused-ring (bicyclic) bond motifs is 2.